The monoisotopic (exact) mass is 925 g/mol. The largest absolute Gasteiger partial charge is 0.454 e. The lowest BCUT2D eigenvalue weighted by Gasteiger charge is -2.45. The van der Waals surface area contributed by atoms with Gasteiger partial charge in [0.1, 0.15) is 23.7 Å². The fourth-order valence-corrected chi connectivity index (χ4v) is 8.98. The molecular weight excluding hydrogens is 872 g/mol. The van der Waals surface area contributed by atoms with Crippen molar-refractivity contribution < 1.29 is 33.4 Å². The maximum absolute atomic E-state index is 16.1. The molecule has 0 radical (unpaired) electrons. The molecule has 7 rings (SSSR count). The molecule has 2 fully saturated rings. The Balaban J connectivity index is 1.22. The number of rotatable bonds is 12. The van der Waals surface area contributed by atoms with E-state index in [1.54, 1.807) is 35.4 Å². The van der Waals surface area contributed by atoms with Crippen LogP contribution in [0, 0.1) is 11.7 Å². The Kier molecular flexibility index (Phi) is 14.9. The highest BCUT2D eigenvalue weighted by Crippen LogP contribution is 2.36. The highest BCUT2D eigenvalue weighted by Gasteiger charge is 2.43. The molecule has 0 saturated carbocycles. The molecule has 0 aliphatic carbocycles. The minimum Gasteiger partial charge on any atom is -0.454 e. The van der Waals surface area contributed by atoms with E-state index in [0.717, 1.165) is 28.2 Å². The number of fused-ring (bicyclic) bond motifs is 2. The fraction of sp³-hybridized carbons (Fsp3) is 0.367. The van der Waals surface area contributed by atoms with Crippen molar-refractivity contribution in [3.8, 4) is 22.8 Å². The zero-order valence-electron chi connectivity index (χ0n) is 36.9. The van der Waals surface area contributed by atoms with Crippen LogP contribution < -0.4 is 15.4 Å². The van der Waals surface area contributed by atoms with Crippen LogP contribution in [0.4, 0.5) is 4.39 Å². The number of carbonyl (C=O) groups is 4. The summed E-state index contributed by atoms with van der Waals surface area (Å²) in [6, 6.07) is 23.8. The molecule has 2 aliphatic heterocycles. The number of benzene rings is 4. The fourth-order valence-electron chi connectivity index (χ4n) is 8.70. The van der Waals surface area contributed by atoms with E-state index in [2.05, 4.69) is 15.6 Å². The van der Waals surface area contributed by atoms with E-state index in [0.29, 0.717) is 37.4 Å². The minimum absolute atomic E-state index is 0.122. The van der Waals surface area contributed by atoms with Gasteiger partial charge >= 0.3 is 0 Å². The Bertz CT molecular complexity index is 2510. The van der Waals surface area contributed by atoms with Gasteiger partial charge in [0.25, 0.3) is 0 Å². The van der Waals surface area contributed by atoms with Gasteiger partial charge in [0.05, 0.1) is 48.1 Å². The second-order valence-corrected chi connectivity index (χ2v) is 18.1. The van der Waals surface area contributed by atoms with Crippen LogP contribution >= 0.6 is 23.2 Å². The lowest BCUT2D eigenvalue weighted by Crippen LogP contribution is -2.65. The molecule has 0 unspecified atom stereocenters. The van der Waals surface area contributed by atoms with Crippen LogP contribution in [0.3, 0.4) is 0 Å². The number of nitrogens with one attached hydrogen (secondary N) is 2. The van der Waals surface area contributed by atoms with Crippen LogP contribution in [0.5, 0.6) is 11.5 Å². The Morgan fingerprint density at radius 2 is 1.66 bits per heavy atom. The van der Waals surface area contributed by atoms with Crippen molar-refractivity contribution >= 4 is 46.8 Å². The highest BCUT2D eigenvalue weighted by atomic mass is 35.5. The van der Waals surface area contributed by atoms with Crippen molar-refractivity contribution in [2.75, 3.05) is 33.8 Å². The van der Waals surface area contributed by atoms with Crippen LogP contribution in [0.2, 0.25) is 10.0 Å². The van der Waals surface area contributed by atoms with Gasteiger partial charge in [0.2, 0.25) is 23.6 Å². The van der Waals surface area contributed by atoms with Gasteiger partial charge < -0.3 is 39.7 Å². The number of aromatic nitrogens is 2. The molecule has 13 nitrogen and oxygen atoms in total. The molecule has 3 N–H and O–H groups in total. The number of aliphatic hydroxyl groups excluding tert-OH is 1. The molecule has 2 aliphatic rings. The first kappa shape index (κ1) is 47.2. The van der Waals surface area contributed by atoms with E-state index in [1.807, 2.05) is 85.2 Å². The number of nitrogens with zero attached hydrogens (tertiary/aromatic N) is 5. The van der Waals surface area contributed by atoms with Crippen LogP contribution in [0.1, 0.15) is 48.7 Å². The predicted molar refractivity (Wildman–Crippen MR) is 247 cm³/mol. The van der Waals surface area contributed by atoms with Crippen molar-refractivity contribution in [3.05, 3.63) is 136 Å². The average Bonchev–Trinajstić information content (AvgIpc) is 3.65. The van der Waals surface area contributed by atoms with Gasteiger partial charge in [-0.05, 0) is 100 Å². The maximum atomic E-state index is 16.1. The van der Waals surface area contributed by atoms with Gasteiger partial charge in [-0.15, -0.1) is 0 Å². The van der Waals surface area contributed by atoms with Crippen molar-refractivity contribution in [3.63, 3.8) is 0 Å². The molecule has 16 heteroatoms. The Morgan fingerprint density at radius 1 is 0.938 bits per heavy atom. The second kappa shape index (κ2) is 20.6. The summed E-state index contributed by atoms with van der Waals surface area (Å²) in [5, 5.41) is 16.6. The summed E-state index contributed by atoms with van der Waals surface area (Å²) in [6.07, 6.45) is 3.10. The number of halogens is 3. The van der Waals surface area contributed by atoms with Gasteiger partial charge in [-0.25, -0.2) is 9.37 Å². The lowest BCUT2D eigenvalue weighted by atomic mass is 9.81. The van der Waals surface area contributed by atoms with Crippen molar-refractivity contribution in [2.45, 2.75) is 69.7 Å². The summed E-state index contributed by atoms with van der Waals surface area (Å²) < 4.78 is 24.3. The smallest absolute Gasteiger partial charge is 0.245 e. The van der Waals surface area contributed by atoms with Crippen molar-refractivity contribution in [1.82, 2.24) is 34.9 Å². The number of imidazole rings is 1. The summed E-state index contributed by atoms with van der Waals surface area (Å²) in [5.41, 5.74) is 2.65. The van der Waals surface area contributed by atoms with Gasteiger partial charge in [-0.1, -0.05) is 71.7 Å². The van der Waals surface area contributed by atoms with Gasteiger partial charge in [0.15, 0.2) is 11.6 Å². The first-order valence-corrected chi connectivity index (χ1v) is 22.4. The molecule has 2 saturated heterocycles. The maximum Gasteiger partial charge on any atom is 0.245 e. The molecule has 1 aromatic heterocycles. The summed E-state index contributed by atoms with van der Waals surface area (Å²) in [5.74, 6) is -3.08. The Labute approximate surface area is 388 Å². The minimum atomic E-state index is -1.40. The quantitative estimate of drug-likeness (QED) is 0.127. The van der Waals surface area contributed by atoms with Crippen molar-refractivity contribution in [1.29, 1.82) is 0 Å². The topological polar surface area (TPSA) is 149 Å². The summed E-state index contributed by atoms with van der Waals surface area (Å²) in [6.45, 7) is 1.57. The number of amides is 4. The van der Waals surface area contributed by atoms with Gasteiger partial charge in [-0.2, -0.15) is 0 Å². The van der Waals surface area contributed by atoms with E-state index in [4.69, 9.17) is 27.9 Å². The zero-order chi connectivity index (χ0) is 46.4. The molecule has 4 amide bonds. The molecular formula is C49H54Cl2FN7O6. The SMILES string of the molecule is C[C@H]1C(=O)N[C@@H](CO)C(=O)N[C@@]2(Cc3ccc(Cl)cc3)CCCN(C2)C(=O)[C@H](Cc2ccccc2)CC(=O)N1Cc1ccc(Cl)c(F)c1Oc1ccc(-c2cnc(CN(C)C)n2C)cc1. The van der Waals surface area contributed by atoms with E-state index in [9.17, 15) is 24.3 Å². The van der Waals surface area contributed by atoms with Crippen LogP contribution in [0.15, 0.2) is 97.2 Å². The highest BCUT2D eigenvalue weighted by molar-refractivity contribution is 6.31. The molecule has 5 aromatic rings. The third-order valence-electron chi connectivity index (χ3n) is 12.2. The molecule has 2 bridgehead atoms. The Morgan fingerprint density at radius 3 is 2.35 bits per heavy atom. The molecule has 4 aromatic carbocycles. The number of piperidine rings is 1. The number of hydrogen-bond donors (Lipinski definition) is 3. The average molecular weight is 927 g/mol. The molecule has 65 heavy (non-hydrogen) atoms. The second-order valence-electron chi connectivity index (χ2n) is 17.3. The first-order valence-electron chi connectivity index (χ1n) is 21.6. The number of carbonyl (C=O) groups excluding carboxylic acids is 4. The van der Waals surface area contributed by atoms with Crippen molar-refractivity contribution in [2.24, 2.45) is 13.0 Å². The van der Waals surface area contributed by atoms with Crippen LogP contribution in [0.25, 0.3) is 11.3 Å². The molecule has 3 heterocycles. The van der Waals surface area contributed by atoms with Crippen LogP contribution in [-0.4, -0.2) is 104 Å². The molecule has 342 valence electrons. The summed E-state index contributed by atoms with van der Waals surface area (Å²) in [7, 11) is 5.87. The number of ether oxygens (including phenoxy) is 1. The predicted octanol–water partition coefficient (Wildman–Crippen LogP) is 6.56. The van der Waals surface area contributed by atoms with E-state index < -0.39 is 53.7 Å². The number of hydrogen-bond acceptors (Lipinski definition) is 8. The zero-order valence-corrected chi connectivity index (χ0v) is 38.4. The van der Waals surface area contributed by atoms with Gasteiger partial charge in [0, 0.05) is 42.7 Å². The van der Waals surface area contributed by atoms with E-state index in [1.165, 1.54) is 24.0 Å². The molecule has 4 atom stereocenters. The first-order chi connectivity index (χ1) is 31.1. The standard InChI is InChI=1S/C49H54Cl2FN7O6/c1-31-46(62)54-40(29-60)47(63)55-49(25-33-11-16-37(50)17-12-33)21-8-22-58(30-49)48(64)36(23-32-9-6-5-7-10-32)24-43(61)59(31)27-35-15-20-39(51)44(52)45(35)65-38-18-13-34(14-19-38)41-26-53-42(57(41)4)28-56(2)3/h5-7,9-20,26,31,36,40,60H,8,21-25,27-30H2,1-4H3,(H,54,62)(H,55,63)/t31-,36+,40-,49+/m0/s1. The van der Waals surface area contributed by atoms with Crippen LogP contribution in [-0.2, 0) is 52.2 Å². The third kappa shape index (κ3) is 11.2. The third-order valence-corrected chi connectivity index (χ3v) is 12.7. The lowest BCUT2D eigenvalue weighted by molar-refractivity contribution is -0.147. The summed E-state index contributed by atoms with van der Waals surface area (Å²) >= 11 is 12.5. The van der Waals surface area contributed by atoms with E-state index in [-0.39, 0.29) is 53.9 Å². The number of aliphatic hydroxyl groups is 1. The molecule has 0 spiro atoms. The van der Waals surface area contributed by atoms with E-state index >= 15 is 4.39 Å². The Hall–Kier alpha value is -5.80. The normalized spacial score (nSPS) is 21.0. The summed E-state index contributed by atoms with van der Waals surface area (Å²) in [4.78, 5) is 67.6. The van der Waals surface area contributed by atoms with Gasteiger partial charge in [-0.3, -0.25) is 19.2 Å².